The second-order valence-electron chi connectivity index (χ2n) is 4.00. The summed E-state index contributed by atoms with van der Waals surface area (Å²) in [5, 5.41) is 8.35. The molecule has 0 bridgehead atoms. The molecule has 4 nitrogen and oxygen atoms in total. The Balaban J connectivity index is 4.66. The van der Waals surface area contributed by atoms with Gasteiger partial charge in [0.05, 0.1) is 0 Å². The second kappa shape index (κ2) is 4.55. The fourth-order valence-corrected chi connectivity index (χ4v) is 3.43. The van der Waals surface area contributed by atoms with Gasteiger partial charge in [-0.2, -0.15) is 0 Å². The Morgan fingerprint density at radius 1 is 1.21 bits per heavy atom. The topological polar surface area (TPSA) is 73.5 Å². The SMILES string of the molecule is CC(C)P(O)(O)(OCCC#N)C(C)C. The Bertz CT molecular complexity index is 221. The van der Waals surface area contributed by atoms with E-state index in [1.807, 2.05) is 6.07 Å². The van der Waals surface area contributed by atoms with E-state index in [9.17, 15) is 9.79 Å². The van der Waals surface area contributed by atoms with E-state index in [4.69, 9.17) is 9.79 Å². The van der Waals surface area contributed by atoms with Gasteiger partial charge in [-0.1, -0.05) is 0 Å². The summed E-state index contributed by atoms with van der Waals surface area (Å²) in [6, 6.07) is 1.91. The first-order valence-electron chi connectivity index (χ1n) is 4.77. The third kappa shape index (κ3) is 2.65. The quantitative estimate of drug-likeness (QED) is 0.550. The molecule has 0 aliphatic carbocycles. The predicted molar refractivity (Wildman–Crippen MR) is 57.8 cm³/mol. The Hall–Kier alpha value is -0.200. The van der Waals surface area contributed by atoms with E-state index in [0.29, 0.717) is 0 Å². The van der Waals surface area contributed by atoms with Crippen molar-refractivity contribution in [3.8, 4) is 6.07 Å². The summed E-state index contributed by atoms with van der Waals surface area (Å²) in [5.74, 6) is 0. The van der Waals surface area contributed by atoms with Crippen LogP contribution in [-0.4, -0.2) is 27.7 Å². The third-order valence-electron chi connectivity index (χ3n) is 2.51. The Morgan fingerprint density at radius 3 is 1.93 bits per heavy atom. The molecule has 0 aromatic heterocycles. The van der Waals surface area contributed by atoms with Gasteiger partial charge in [-0.15, -0.1) is 0 Å². The van der Waals surface area contributed by atoms with Crippen molar-refractivity contribution in [3.05, 3.63) is 0 Å². The van der Waals surface area contributed by atoms with E-state index in [1.54, 1.807) is 27.7 Å². The zero-order valence-electron chi connectivity index (χ0n) is 9.27. The number of nitrogens with zero attached hydrogens (tertiary/aromatic N) is 1. The van der Waals surface area contributed by atoms with Crippen LogP contribution in [0, 0.1) is 11.3 Å². The van der Waals surface area contributed by atoms with Gasteiger partial charge < -0.3 is 0 Å². The maximum absolute atomic E-state index is 10.2. The van der Waals surface area contributed by atoms with Crippen LogP contribution in [0.25, 0.3) is 0 Å². The van der Waals surface area contributed by atoms with Crippen molar-refractivity contribution in [2.45, 2.75) is 45.4 Å². The molecule has 0 aromatic rings. The van der Waals surface area contributed by atoms with Gasteiger partial charge in [0.1, 0.15) is 0 Å². The zero-order valence-corrected chi connectivity index (χ0v) is 10.2. The summed E-state index contributed by atoms with van der Waals surface area (Å²) in [7, 11) is -4.07. The first-order valence-corrected chi connectivity index (χ1v) is 6.97. The van der Waals surface area contributed by atoms with Gasteiger partial charge in [0, 0.05) is 0 Å². The molecule has 0 rings (SSSR count). The molecule has 0 aliphatic rings. The van der Waals surface area contributed by atoms with Crippen molar-refractivity contribution in [3.63, 3.8) is 0 Å². The molecule has 5 heteroatoms. The van der Waals surface area contributed by atoms with E-state index < -0.39 is 7.28 Å². The molecule has 2 N–H and O–H groups in total. The number of rotatable bonds is 5. The zero-order chi connectivity index (χ0) is 11.4. The molecule has 14 heavy (non-hydrogen) atoms. The average Bonchev–Trinajstić information content (AvgIpc) is 2.04. The number of hydrogen-bond donors (Lipinski definition) is 2. The molecule has 0 radical (unpaired) electrons. The molecule has 0 heterocycles. The molecule has 84 valence electrons. The molecule has 0 amide bonds. The van der Waals surface area contributed by atoms with E-state index >= 15 is 0 Å². The van der Waals surface area contributed by atoms with Crippen LogP contribution in [0.1, 0.15) is 34.1 Å². The normalized spacial score (nSPS) is 15.2. The molecule has 0 aliphatic heterocycles. The first-order chi connectivity index (χ1) is 6.24. The summed E-state index contributed by atoms with van der Waals surface area (Å²) in [4.78, 5) is 20.4. The van der Waals surface area contributed by atoms with Gasteiger partial charge in [0.2, 0.25) is 0 Å². The Kier molecular flexibility index (Phi) is 4.48. The van der Waals surface area contributed by atoms with Crippen LogP contribution < -0.4 is 0 Å². The Morgan fingerprint density at radius 2 is 1.64 bits per heavy atom. The van der Waals surface area contributed by atoms with Gasteiger partial charge >= 0.3 is 85.0 Å². The molecule has 0 unspecified atom stereocenters. The van der Waals surface area contributed by atoms with Gasteiger partial charge in [-0.3, -0.25) is 0 Å². The Labute approximate surface area is 85.7 Å². The first kappa shape index (κ1) is 13.8. The van der Waals surface area contributed by atoms with E-state index in [-0.39, 0.29) is 24.3 Å². The molecular formula is C9H20NO3P. The fraction of sp³-hybridized carbons (Fsp3) is 0.889. The van der Waals surface area contributed by atoms with Crippen molar-refractivity contribution in [1.82, 2.24) is 0 Å². The van der Waals surface area contributed by atoms with Crippen molar-refractivity contribution < 1.29 is 14.3 Å². The summed E-state index contributed by atoms with van der Waals surface area (Å²) < 4.78 is 5.20. The van der Waals surface area contributed by atoms with Crippen molar-refractivity contribution >= 4 is 7.28 Å². The summed E-state index contributed by atoms with van der Waals surface area (Å²) in [6.45, 7) is 6.99. The second-order valence-corrected chi connectivity index (χ2v) is 8.48. The minimum absolute atomic E-state index is 0.0810. The predicted octanol–water partition coefficient (Wildman–Crippen LogP) is 2.02. The monoisotopic (exact) mass is 221 g/mol. The molecule has 0 atom stereocenters. The summed E-state index contributed by atoms with van der Waals surface area (Å²) >= 11 is 0. The van der Waals surface area contributed by atoms with Gasteiger partial charge in [0.25, 0.3) is 0 Å². The van der Waals surface area contributed by atoms with Crippen LogP contribution in [-0.2, 0) is 4.52 Å². The summed E-state index contributed by atoms with van der Waals surface area (Å²) in [5.41, 5.74) is -0.667. The summed E-state index contributed by atoms with van der Waals surface area (Å²) in [6.07, 6.45) is 0.179. The molecule has 0 aromatic carbocycles. The maximum atomic E-state index is 10.2. The fourth-order valence-electron chi connectivity index (χ4n) is 1.17. The number of hydrogen-bond acceptors (Lipinski definition) is 4. The van der Waals surface area contributed by atoms with Crippen LogP contribution >= 0.6 is 7.28 Å². The standard InChI is InChI=1S/C9H20NO3P/c1-8(2)14(11,12,9(3)4)13-7-5-6-10/h8-9,11-12H,5,7H2,1-4H3. The molecule has 0 saturated heterocycles. The molecule has 0 fully saturated rings. The van der Waals surface area contributed by atoms with Crippen LogP contribution in [0.5, 0.6) is 0 Å². The molecule has 0 saturated carbocycles. The van der Waals surface area contributed by atoms with Crippen molar-refractivity contribution in [2.75, 3.05) is 6.61 Å². The van der Waals surface area contributed by atoms with Gasteiger partial charge in [-0.25, -0.2) is 0 Å². The van der Waals surface area contributed by atoms with Crippen LogP contribution in [0.15, 0.2) is 0 Å². The van der Waals surface area contributed by atoms with Crippen molar-refractivity contribution in [1.29, 1.82) is 5.26 Å². The van der Waals surface area contributed by atoms with Gasteiger partial charge in [-0.05, 0) is 0 Å². The van der Waals surface area contributed by atoms with Crippen LogP contribution in [0.4, 0.5) is 0 Å². The molecular weight excluding hydrogens is 201 g/mol. The van der Waals surface area contributed by atoms with E-state index in [0.717, 1.165) is 0 Å². The minimum atomic E-state index is -4.07. The van der Waals surface area contributed by atoms with Gasteiger partial charge in [0.15, 0.2) is 0 Å². The number of nitriles is 1. The van der Waals surface area contributed by atoms with Crippen LogP contribution in [0.2, 0.25) is 0 Å². The van der Waals surface area contributed by atoms with E-state index in [1.165, 1.54) is 0 Å². The van der Waals surface area contributed by atoms with Crippen molar-refractivity contribution in [2.24, 2.45) is 0 Å². The van der Waals surface area contributed by atoms with Crippen LogP contribution in [0.3, 0.4) is 0 Å². The third-order valence-corrected chi connectivity index (χ3v) is 7.11. The average molecular weight is 221 g/mol. The molecule has 0 spiro atoms. The van der Waals surface area contributed by atoms with E-state index in [2.05, 4.69) is 0 Å².